The number of imidazole rings is 1. The lowest BCUT2D eigenvalue weighted by molar-refractivity contribution is -0.192. The molecule has 2 heterocycles. The number of halogens is 4. The highest BCUT2D eigenvalue weighted by molar-refractivity contribution is 5.96. The quantitative estimate of drug-likeness (QED) is 0.393. The lowest BCUT2D eigenvalue weighted by Gasteiger charge is -2.21. The summed E-state index contributed by atoms with van der Waals surface area (Å²) < 4.78 is 47.6. The van der Waals surface area contributed by atoms with Gasteiger partial charge in [-0.2, -0.15) is 13.2 Å². The first-order valence-electron chi connectivity index (χ1n) is 11.1. The molecular formula is C24H26F4N4O4. The van der Waals surface area contributed by atoms with Crippen LogP contribution < -0.4 is 10.6 Å². The molecule has 0 fully saturated rings. The van der Waals surface area contributed by atoms with Gasteiger partial charge in [-0.05, 0) is 67.8 Å². The zero-order valence-electron chi connectivity index (χ0n) is 19.6. The number of carboxylic acid groups (broad SMARTS) is 1. The highest BCUT2D eigenvalue weighted by atomic mass is 19.4. The van der Waals surface area contributed by atoms with Gasteiger partial charge in [-0.15, -0.1) is 0 Å². The molecule has 3 aromatic rings. The fraction of sp³-hybridized carbons (Fsp3) is 0.375. The number of carboxylic acids is 1. The number of carbonyl (C=O) groups is 2. The SMILES string of the molecule is Cc1cc2ncn(CC(O)CNC(=O)c3ccc(F)c4c3CCNC4)c2cc1C.O=C(O)C(F)(F)F. The first-order chi connectivity index (χ1) is 16.9. The molecule has 4 N–H and O–H groups in total. The Morgan fingerprint density at radius 2 is 1.86 bits per heavy atom. The Labute approximate surface area is 203 Å². The second-order valence-corrected chi connectivity index (χ2v) is 8.47. The predicted octanol–water partition coefficient (Wildman–Crippen LogP) is 2.86. The molecule has 12 heteroatoms. The molecule has 1 aliphatic heterocycles. The van der Waals surface area contributed by atoms with Gasteiger partial charge in [-0.25, -0.2) is 14.2 Å². The number of alkyl halides is 3. The van der Waals surface area contributed by atoms with Crippen molar-refractivity contribution in [3.63, 3.8) is 0 Å². The van der Waals surface area contributed by atoms with E-state index in [1.807, 2.05) is 24.5 Å². The number of aryl methyl sites for hydroxylation is 2. The molecule has 1 aliphatic rings. The summed E-state index contributed by atoms with van der Waals surface area (Å²) in [5.74, 6) is -3.34. The Hall–Kier alpha value is -3.51. The average molecular weight is 510 g/mol. The third-order valence-electron chi connectivity index (χ3n) is 5.86. The standard InChI is InChI=1S/C22H25FN4O2.C2HF3O2/c1-13-7-20-21(8-14(13)2)27(12-26-20)11-15(28)9-25-22(29)17-3-4-19(23)18-10-24-6-5-16(17)18;3-2(4,5)1(6)7/h3-4,7-8,12,15,24,28H,5-6,9-11H2,1-2H3,(H,25,29);(H,6,7). The van der Waals surface area contributed by atoms with Crippen molar-refractivity contribution >= 4 is 22.9 Å². The van der Waals surface area contributed by atoms with Crippen LogP contribution in [0.25, 0.3) is 11.0 Å². The molecule has 2 aromatic carbocycles. The van der Waals surface area contributed by atoms with Crippen LogP contribution in [0.3, 0.4) is 0 Å². The maximum absolute atomic E-state index is 14.0. The van der Waals surface area contributed by atoms with Crippen molar-refractivity contribution in [2.75, 3.05) is 13.1 Å². The number of fused-ring (bicyclic) bond motifs is 2. The topological polar surface area (TPSA) is 116 Å². The summed E-state index contributed by atoms with van der Waals surface area (Å²) in [5, 5.41) is 23.5. The lowest BCUT2D eigenvalue weighted by atomic mass is 9.94. The van der Waals surface area contributed by atoms with Gasteiger partial charge in [-0.1, -0.05) is 0 Å². The van der Waals surface area contributed by atoms with E-state index in [0.717, 1.165) is 22.2 Å². The van der Waals surface area contributed by atoms with Crippen molar-refractivity contribution in [2.45, 2.75) is 45.6 Å². The lowest BCUT2D eigenvalue weighted by Crippen LogP contribution is -2.36. The van der Waals surface area contributed by atoms with E-state index in [0.29, 0.717) is 37.2 Å². The van der Waals surface area contributed by atoms with Crippen molar-refractivity contribution < 1.29 is 37.4 Å². The van der Waals surface area contributed by atoms with E-state index >= 15 is 0 Å². The number of aliphatic hydroxyl groups excluding tert-OH is 1. The molecule has 0 bridgehead atoms. The van der Waals surface area contributed by atoms with E-state index in [1.54, 1.807) is 6.33 Å². The van der Waals surface area contributed by atoms with Crippen LogP contribution in [-0.2, 0) is 24.3 Å². The molecule has 1 unspecified atom stereocenters. The van der Waals surface area contributed by atoms with Crippen molar-refractivity contribution in [3.8, 4) is 0 Å². The predicted molar refractivity (Wildman–Crippen MR) is 123 cm³/mol. The van der Waals surface area contributed by atoms with Crippen molar-refractivity contribution in [1.29, 1.82) is 0 Å². The van der Waals surface area contributed by atoms with Gasteiger partial charge in [0.2, 0.25) is 0 Å². The number of amides is 1. The largest absolute Gasteiger partial charge is 0.490 e. The van der Waals surface area contributed by atoms with Gasteiger partial charge >= 0.3 is 12.1 Å². The monoisotopic (exact) mass is 510 g/mol. The molecule has 1 aromatic heterocycles. The number of aromatic nitrogens is 2. The highest BCUT2D eigenvalue weighted by Gasteiger charge is 2.38. The van der Waals surface area contributed by atoms with Crippen LogP contribution >= 0.6 is 0 Å². The smallest absolute Gasteiger partial charge is 0.475 e. The summed E-state index contributed by atoms with van der Waals surface area (Å²) in [6.07, 6.45) is -3.54. The number of aliphatic carboxylic acids is 1. The molecular weight excluding hydrogens is 484 g/mol. The number of benzene rings is 2. The molecule has 0 saturated heterocycles. The summed E-state index contributed by atoms with van der Waals surface area (Å²) in [7, 11) is 0. The third kappa shape index (κ3) is 6.38. The number of nitrogens with one attached hydrogen (secondary N) is 2. The van der Waals surface area contributed by atoms with Gasteiger partial charge in [0.05, 0.1) is 30.0 Å². The molecule has 36 heavy (non-hydrogen) atoms. The first kappa shape index (κ1) is 27.1. The highest BCUT2D eigenvalue weighted by Crippen LogP contribution is 2.22. The summed E-state index contributed by atoms with van der Waals surface area (Å²) in [4.78, 5) is 25.9. The average Bonchev–Trinajstić information content (AvgIpc) is 3.19. The minimum atomic E-state index is -5.08. The van der Waals surface area contributed by atoms with Crippen LogP contribution in [0.4, 0.5) is 17.6 Å². The molecule has 4 rings (SSSR count). The minimum Gasteiger partial charge on any atom is -0.475 e. The zero-order chi connectivity index (χ0) is 26.6. The zero-order valence-corrected chi connectivity index (χ0v) is 19.6. The van der Waals surface area contributed by atoms with Gasteiger partial charge in [0.15, 0.2) is 0 Å². The number of nitrogens with zero attached hydrogens (tertiary/aromatic N) is 2. The minimum absolute atomic E-state index is 0.105. The molecule has 1 amide bonds. The Balaban J connectivity index is 0.000000454. The Bertz CT molecular complexity index is 1270. The van der Waals surface area contributed by atoms with Crippen LogP contribution in [-0.4, -0.2) is 57.0 Å². The maximum atomic E-state index is 14.0. The Morgan fingerprint density at radius 1 is 1.19 bits per heavy atom. The van der Waals surface area contributed by atoms with Gasteiger partial charge in [0, 0.05) is 24.2 Å². The molecule has 194 valence electrons. The maximum Gasteiger partial charge on any atom is 0.490 e. The molecule has 1 atom stereocenters. The fourth-order valence-electron chi connectivity index (χ4n) is 3.84. The Morgan fingerprint density at radius 3 is 2.53 bits per heavy atom. The number of carbonyl (C=O) groups excluding carboxylic acids is 1. The van der Waals surface area contributed by atoms with E-state index in [4.69, 9.17) is 9.90 Å². The number of hydrogen-bond donors (Lipinski definition) is 4. The van der Waals surface area contributed by atoms with E-state index in [1.165, 1.54) is 17.7 Å². The summed E-state index contributed by atoms with van der Waals surface area (Å²) >= 11 is 0. The molecule has 8 nitrogen and oxygen atoms in total. The van der Waals surface area contributed by atoms with Crippen LogP contribution in [0.2, 0.25) is 0 Å². The third-order valence-corrected chi connectivity index (χ3v) is 5.86. The van der Waals surface area contributed by atoms with Crippen LogP contribution in [0.15, 0.2) is 30.6 Å². The van der Waals surface area contributed by atoms with Gasteiger partial charge in [0.25, 0.3) is 5.91 Å². The van der Waals surface area contributed by atoms with Gasteiger partial charge in [-0.3, -0.25) is 4.79 Å². The van der Waals surface area contributed by atoms with Gasteiger partial charge < -0.3 is 25.4 Å². The fourth-order valence-corrected chi connectivity index (χ4v) is 3.84. The van der Waals surface area contributed by atoms with E-state index in [2.05, 4.69) is 21.7 Å². The number of hydrogen-bond acceptors (Lipinski definition) is 5. The normalized spacial score (nSPS) is 14.0. The van der Waals surface area contributed by atoms with E-state index in [-0.39, 0.29) is 18.3 Å². The summed E-state index contributed by atoms with van der Waals surface area (Å²) in [6.45, 7) is 5.66. The van der Waals surface area contributed by atoms with Crippen LogP contribution in [0.1, 0.15) is 32.6 Å². The second kappa shape index (κ2) is 11.0. The van der Waals surface area contributed by atoms with Crippen molar-refractivity contribution in [3.05, 3.63) is 64.2 Å². The van der Waals surface area contributed by atoms with E-state index in [9.17, 15) is 27.5 Å². The van der Waals surface area contributed by atoms with Crippen molar-refractivity contribution in [2.24, 2.45) is 0 Å². The molecule has 0 aliphatic carbocycles. The number of rotatable bonds is 5. The second-order valence-electron chi connectivity index (χ2n) is 8.47. The molecule has 0 saturated carbocycles. The van der Waals surface area contributed by atoms with Crippen molar-refractivity contribution in [1.82, 2.24) is 20.2 Å². The first-order valence-corrected chi connectivity index (χ1v) is 11.1. The van der Waals surface area contributed by atoms with Crippen LogP contribution in [0.5, 0.6) is 0 Å². The Kier molecular flexibility index (Phi) is 8.31. The van der Waals surface area contributed by atoms with E-state index < -0.39 is 18.2 Å². The summed E-state index contributed by atoms with van der Waals surface area (Å²) in [5.41, 5.74) is 5.97. The summed E-state index contributed by atoms with van der Waals surface area (Å²) in [6, 6.07) is 6.94. The van der Waals surface area contributed by atoms with Gasteiger partial charge in [0.1, 0.15) is 5.82 Å². The molecule has 0 spiro atoms. The van der Waals surface area contributed by atoms with Crippen LogP contribution in [0, 0.1) is 19.7 Å². The number of aliphatic hydroxyl groups is 1. The molecule has 0 radical (unpaired) electrons.